The maximum Gasteiger partial charge on any atom is 0.312 e. The van der Waals surface area contributed by atoms with E-state index in [4.69, 9.17) is 5.73 Å². The fourth-order valence-electron chi connectivity index (χ4n) is 3.55. The van der Waals surface area contributed by atoms with E-state index in [9.17, 15) is 14.7 Å². The highest BCUT2D eigenvalue weighted by atomic mass is 16.3. The number of aromatic nitrogens is 2. The van der Waals surface area contributed by atoms with Gasteiger partial charge in [-0.2, -0.15) is 0 Å². The molecule has 0 bridgehead atoms. The first-order valence-corrected chi connectivity index (χ1v) is 8.40. The van der Waals surface area contributed by atoms with Gasteiger partial charge in [0.2, 0.25) is 5.91 Å². The van der Waals surface area contributed by atoms with Crippen molar-refractivity contribution in [1.29, 1.82) is 0 Å². The van der Waals surface area contributed by atoms with Gasteiger partial charge >= 0.3 is 6.03 Å². The second-order valence-electron chi connectivity index (χ2n) is 6.32. The van der Waals surface area contributed by atoms with Gasteiger partial charge in [0.1, 0.15) is 11.9 Å². The highest BCUT2D eigenvalue weighted by Crippen LogP contribution is 2.28. The minimum absolute atomic E-state index is 0.271. The van der Waals surface area contributed by atoms with Crippen LogP contribution >= 0.6 is 0 Å². The summed E-state index contributed by atoms with van der Waals surface area (Å²) in [5.74, 6) is 0.668. The smallest absolute Gasteiger partial charge is 0.312 e. The number of carbonyl (C=O) groups excluding carboxylic acids is 2. The van der Waals surface area contributed by atoms with Crippen molar-refractivity contribution in [2.24, 2.45) is 5.73 Å². The van der Waals surface area contributed by atoms with Gasteiger partial charge in [-0.25, -0.2) is 9.78 Å². The van der Waals surface area contributed by atoms with Crippen molar-refractivity contribution in [2.45, 2.75) is 31.8 Å². The van der Waals surface area contributed by atoms with E-state index in [1.807, 2.05) is 25.1 Å². The largest absolute Gasteiger partial charge is 0.394 e. The quantitative estimate of drug-likeness (QED) is 0.750. The maximum absolute atomic E-state index is 12.4. The van der Waals surface area contributed by atoms with Crippen LogP contribution in [0.3, 0.4) is 0 Å². The van der Waals surface area contributed by atoms with Crippen LogP contribution in [0.25, 0.3) is 11.0 Å². The van der Waals surface area contributed by atoms with Gasteiger partial charge in [-0.15, -0.1) is 0 Å². The molecule has 1 aliphatic rings. The van der Waals surface area contributed by atoms with Gasteiger partial charge < -0.3 is 25.6 Å². The summed E-state index contributed by atoms with van der Waals surface area (Å²) in [6.45, 7) is 2.65. The normalized spacial score (nSPS) is 16.8. The molecule has 1 aliphatic heterocycles. The first kappa shape index (κ1) is 17.2. The molecule has 3 amide bonds. The molecule has 0 spiro atoms. The van der Waals surface area contributed by atoms with Crippen LogP contribution in [0.1, 0.15) is 24.7 Å². The van der Waals surface area contributed by atoms with Gasteiger partial charge in [-0.3, -0.25) is 4.79 Å². The summed E-state index contributed by atoms with van der Waals surface area (Å²) in [5, 5.41) is 11.6. The highest BCUT2D eigenvalue weighted by Gasteiger charge is 2.30. The number of fused-ring (bicyclic) bond motifs is 1. The minimum atomic E-state index is -0.982. The molecule has 1 saturated heterocycles. The Hall–Kier alpha value is -2.61. The number of imidazole rings is 1. The number of aliphatic hydroxyl groups is 1. The molecular formula is C17H23N5O3. The van der Waals surface area contributed by atoms with E-state index in [1.165, 1.54) is 0 Å². The monoisotopic (exact) mass is 345 g/mol. The Labute approximate surface area is 145 Å². The van der Waals surface area contributed by atoms with Crippen molar-refractivity contribution in [3.63, 3.8) is 0 Å². The maximum atomic E-state index is 12.4. The van der Waals surface area contributed by atoms with Crippen molar-refractivity contribution in [1.82, 2.24) is 19.8 Å². The Balaban J connectivity index is 1.70. The lowest BCUT2D eigenvalue weighted by Crippen LogP contribution is -2.53. The first-order chi connectivity index (χ1) is 12.0. The zero-order valence-electron chi connectivity index (χ0n) is 14.2. The van der Waals surface area contributed by atoms with E-state index in [1.54, 1.807) is 4.90 Å². The number of para-hydroxylation sites is 2. The second kappa shape index (κ2) is 7.10. The first-order valence-electron chi connectivity index (χ1n) is 8.40. The Morgan fingerprint density at radius 2 is 2.04 bits per heavy atom. The molecule has 2 aromatic rings. The van der Waals surface area contributed by atoms with Crippen LogP contribution in [0.5, 0.6) is 0 Å². The Kier molecular flexibility index (Phi) is 4.89. The van der Waals surface area contributed by atoms with Gasteiger partial charge in [0.15, 0.2) is 0 Å². The summed E-state index contributed by atoms with van der Waals surface area (Å²) in [6.07, 6.45) is 1.59. The molecule has 1 unspecified atom stereocenters. The van der Waals surface area contributed by atoms with Crippen LogP contribution in [0.4, 0.5) is 4.79 Å². The number of hydrogen-bond acceptors (Lipinski definition) is 4. The number of benzene rings is 1. The Morgan fingerprint density at radius 3 is 2.68 bits per heavy atom. The number of likely N-dealkylation sites (tertiary alicyclic amines) is 1. The molecule has 1 aromatic carbocycles. The predicted octanol–water partition coefficient (Wildman–Crippen LogP) is 0.537. The summed E-state index contributed by atoms with van der Waals surface area (Å²) >= 11 is 0. The lowest BCUT2D eigenvalue weighted by Gasteiger charge is -2.35. The van der Waals surface area contributed by atoms with Gasteiger partial charge in [0.25, 0.3) is 0 Å². The molecule has 1 aromatic heterocycles. The molecule has 0 saturated carbocycles. The van der Waals surface area contributed by atoms with Crippen molar-refractivity contribution in [2.75, 3.05) is 19.7 Å². The number of aryl methyl sites for hydroxylation is 1. The van der Waals surface area contributed by atoms with E-state index >= 15 is 0 Å². The molecule has 2 heterocycles. The molecule has 4 N–H and O–H groups in total. The topological polar surface area (TPSA) is 113 Å². The van der Waals surface area contributed by atoms with E-state index in [-0.39, 0.29) is 11.9 Å². The van der Waals surface area contributed by atoms with Gasteiger partial charge in [0.05, 0.1) is 17.6 Å². The number of piperidine rings is 1. The Morgan fingerprint density at radius 1 is 1.36 bits per heavy atom. The minimum Gasteiger partial charge on any atom is -0.394 e. The van der Waals surface area contributed by atoms with E-state index < -0.39 is 18.7 Å². The van der Waals surface area contributed by atoms with Gasteiger partial charge in [0, 0.05) is 19.1 Å². The zero-order chi connectivity index (χ0) is 18.0. The molecule has 8 heteroatoms. The molecule has 0 aliphatic carbocycles. The second-order valence-corrected chi connectivity index (χ2v) is 6.32. The van der Waals surface area contributed by atoms with Crippen LogP contribution in [0.15, 0.2) is 24.3 Å². The zero-order valence-corrected chi connectivity index (χ0v) is 14.2. The van der Waals surface area contributed by atoms with Crippen LogP contribution in [0.2, 0.25) is 0 Å². The number of amides is 3. The average Bonchev–Trinajstić information content (AvgIpc) is 2.94. The van der Waals surface area contributed by atoms with Crippen molar-refractivity contribution in [3.05, 3.63) is 30.1 Å². The average molecular weight is 345 g/mol. The van der Waals surface area contributed by atoms with Crippen LogP contribution < -0.4 is 11.1 Å². The molecule has 0 radical (unpaired) electrons. The third-order valence-electron chi connectivity index (χ3n) is 4.71. The third-order valence-corrected chi connectivity index (χ3v) is 4.71. The highest BCUT2D eigenvalue weighted by molar-refractivity contribution is 5.86. The predicted molar refractivity (Wildman–Crippen MR) is 92.9 cm³/mol. The number of nitrogens with zero attached hydrogens (tertiary/aromatic N) is 3. The molecule has 8 nitrogen and oxygen atoms in total. The van der Waals surface area contributed by atoms with Crippen molar-refractivity contribution >= 4 is 23.0 Å². The van der Waals surface area contributed by atoms with Crippen molar-refractivity contribution < 1.29 is 14.7 Å². The molecule has 1 atom stereocenters. The summed E-state index contributed by atoms with van der Waals surface area (Å²) in [5.41, 5.74) is 7.13. The van der Waals surface area contributed by atoms with Crippen LogP contribution in [0, 0.1) is 6.92 Å². The summed E-state index contributed by atoms with van der Waals surface area (Å²) < 4.78 is 2.24. The Bertz CT molecular complexity index is 780. The summed E-state index contributed by atoms with van der Waals surface area (Å²) in [4.78, 5) is 29.6. The number of nitrogens with two attached hydrogens (primary N) is 1. The number of primary amides is 1. The van der Waals surface area contributed by atoms with E-state index in [0.717, 1.165) is 29.7 Å². The standard InChI is InChI=1S/C17H23N5O3/c1-11-19-13-4-2-3-5-15(13)22(11)12-6-8-21(9-7-12)16(24)14(10-23)20-17(18)25/h2-5,12,14,23H,6-10H2,1H3,(H3,18,20,25). The van der Waals surface area contributed by atoms with E-state index in [2.05, 4.69) is 20.9 Å². The molecule has 134 valence electrons. The SMILES string of the molecule is Cc1nc2ccccc2n1C1CCN(C(=O)C(CO)NC(N)=O)CC1. The summed E-state index contributed by atoms with van der Waals surface area (Å²) in [6, 6.07) is 6.51. The molecule has 1 fully saturated rings. The summed E-state index contributed by atoms with van der Waals surface area (Å²) in [7, 11) is 0. The van der Waals surface area contributed by atoms with Crippen LogP contribution in [-0.4, -0.2) is 57.2 Å². The van der Waals surface area contributed by atoms with E-state index in [0.29, 0.717) is 13.1 Å². The van der Waals surface area contributed by atoms with Gasteiger partial charge in [-0.1, -0.05) is 12.1 Å². The molecule has 3 rings (SSSR count). The third kappa shape index (κ3) is 3.43. The number of hydrogen-bond donors (Lipinski definition) is 3. The lowest BCUT2D eigenvalue weighted by molar-refractivity contribution is -0.135. The van der Waals surface area contributed by atoms with Gasteiger partial charge in [-0.05, 0) is 31.9 Å². The fraction of sp³-hybridized carbons (Fsp3) is 0.471. The fourth-order valence-corrected chi connectivity index (χ4v) is 3.55. The van der Waals surface area contributed by atoms with Crippen LogP contribution in [-0.2, 0) is 4.79 Å². The lowest BCUT2D eigenvalue weighted by atomic mass is 10.0. The number of carbonyl (C=O) groups is 2. The van der Waals surface area contributed by atoms with Crippen molar-refractivity contribution in [3.8, 4) is 0 Å². The number of urea groups is 1. The number of nitrogens with one attached hydrogen (secondary N) is 1. The molecular weight excluding hydrogens is 322 g/mol. The molecule has 25 heavy (non-hydrogen) atoms. The number of rotatable bonds is 4. The number of aliphatic hydroxyl groups excluding tert-OH is 1.